The third kappa shape index (κ3) is 4.21. The second-order valence-corrected chi connectivity index (χ2v) is 6.17. The van der Waals surface area contributed by atoms with Crippen molar-refractivity contribution >= 4 is 23.2 Å². The summed E-state index contributed by atoms with van der Waals surface area (Å²) < 4.78 is 43.7. The standard InChI is InChI=1S/C19H17F3N2O3/c1-27-16-7-5-14(6-8-16)23-18(26)12-9-17(25)24(11-12)15-4-2-3-13(10-15)19(20,21)22/h2-8,10,12H,9,11H2,1H3,(H,23,26)/t12-/m0/s1. The predicted molar refractivity (Wildman–Crippen MR) is 93.5 cm³/mol. The molecule has 142 valence electrons. The van der Waals surface area contributed by atoms with Crippen molar-refractivity contribution in [1.82, 2.24) is 0 Å². The molecule has 3 rings (SSSR count). The van der Waals surface area contributed by atoms with Gasteiger partial charge in [-0.1, -0.05) is 6.07 Å². The molecular formula is C19H17F3N2O3. The first-order valence-electron chi connectivity index (χ1n) is 8.20. The van der Waals surface area contributed by atoms with Gasteiger partial charge < -0.3 is 15.0 Å². The topological polar surface area (TPSA) is 58.6 Å². The van der Waals surface area contributed by atoms with Crippen LogP contribution in [0.4, 0.5) is 24.5 Å². The van der Waals surface area contributed by atoms with E-state index in [4.69, 9.17) is 4.74 Å². The van der Waals surface area contributed by atoms with Crippen LogP contribution in [-0.2, 0) is 15.8 Å². The van der Waals surface area contributed by atoms with E-state index >= 15 is 0 Å². The fourth-order valence-corrected chi connectivity index (χ4v) is 2.90. The molecule has 5 nitrogen and oxygen atoms in total. The zero-order valence-corrected chi connectivity index (χ0v) is 14.4. The van der Waals surface area contributed by atoms with Crippen molar-refractivity contribution in [3.8, 4) is 5.75 Å². The van der Waals surface area contributed by atoms with Crippen LogP contribution in [0.25, 0.3) is 0 Å². The Labute approximate surface area is 153 Å². The molecule has 1 aliphatic rings. The second kappa shape index (κ2) is 7.30. The van der Waals surface area contributed by atoms with Crippen LogP contribution in [0.1, 0.15) is 12.0 Å². The quantitative estimate of drug-likeness (QED) is 0.883. The zero-order chi connectivity index (χ0) is 19.6. The van der Waals surface area contributed by atoms with Gasteiger partial charge >= 0.3 is 6.18 Å². The van der Waals surface area contributed by atoms with E-state index in [1.165, 1.54) is 24.1 Å². The molecule has 0 bridgehead atoms. The molecule has 0 unspecified atom stereocenters. The molecule has 1 atom stereocenters. The van der Waals surface area contributed by atoms with Gasteiger partial charge in [0.25, 0.3) is 0 Å². The minimum absolute atomic E-state index is 0.0299. The van der Waals surface area contributed by atoms with Crippen LogP contribution in [-0.4, -0.2) is 25.5 Å². The molecule has 8 heteroatoms. The first kappa shape index (κ1) is 18.8. The Morgan fingerprint density at radius 1 is 1.19 bits per heavy atom. The molecule has 1 N–H and O–H groups in total. The smallest absolute Gasteiger partial charge is 0.416 e. The number of anilines is 2. The highest BCUT2D eigenvalue weighted by molar-refractivity contribution is 6.03. The summed E-state index contributed by atoms with van der Waals surface area (Å²) in [6.45, 7) is 0.0299. The molecule has 0 saturated carbocycles. The number of ether oxygens (including phenoxy) is 1. The molecule has 0 aromatic heterocycles. The number of hydrogen-bond acceptors (Lipinski definition) is 3. The van der Waals surface area contributed by atoms with E-state index in [2.05, 4.69) is 5.32 Å². The van der Waals surface area contributed by atoms with E-state index in [1.807, 2.05) is 0 Å². The number of nitrogens with one attached hydrogen (secondary N) is 1. The van der Waals surface area contributed by atoms with Gasteiger partial charge in [-0.25, -0.2) is 0 Å². The van der Waals surface area contributed by atoms with Crippen molar-refractivity contribution in [2.45, 2.75) is 12.6 Å². The maximum absolute atomic E-state index is 12.9. The normalized spacial score (nSPS) is 17.1. The van der Waals surface area contributed by atoms with Gasteiger partial charge in [0, 0.05) is 24.3 Å². The Bertz CT molecular complexity index is 850. The Morgan fingerprint density at radius 2 is 1.89 bits per heavy atom. The Hall–Kier alpha value is -3.03. The molecule has 1 saturated heterocycles. The first-order valence-corrected chi connectivity index (χ1v) is 8.20. The number of rotatable bonds is 4. The van der Waals surface area contributed by atoms with Crippen molar-refractivity contribution in [3.63, 3.8) is 0 Å². The van der Waals surface area contributed by atoms with Crippen molar-refractivity contribution in [2.24, 2.45) is 5.92 Å². The summed E-state index contributed by atoms with van der Waals surface area (Å²) in [6.07, 6.45) is -4.55. The fourth-order valence-electron chi connectivity index (χ4n) is 2.90. The van der Waals surface area contributed by atoms with Crippen LogP contribution in [0, 0.1) is 5.92 Å². The van der Waals surface area contributed by atoms with Gasteiger partial charge in [0.05, 0.1) is 18.6 Å². The van der Waals surface area contributed by atoms with Gasteiger partial charge in [-0.05, 0) is 42.5 Å². The highest BCUT2D eigenvalue weighted by Crippen LogP contribution is 2.33. The summed E-state index contributed by atoms with van der Waals surface area (Å²) >= 11 is 0. The number of nitrogens with zero attached hydrogens (tertiary/aromatic N) is 1. The lowest BCUT2D eigenvalue weighted by Crippen LogP contribution is -2.28. The summed E-state index contributed by atoms with van der Waals surface area (Å²) in [6, 6.07) is 11.2. The second-order valence-electron chi connectivity index (χ2n) is 6.17. The van der Waals surface area contributed by atoms with Gasteiger partial charge in [0.15, 0.2) is 0 Å². The summed E-state index contributed by atoms with van der Waals surface area (Å²) in [5, 5.41) is 2.71. The molecule has 2 aromatic carbocycles. The summed E-state index contributed by atoms with van der Waals surface area (Å²) in [7, 11) is 1.53. The molecule has 27 heavy (non-hydrogen) atoms. The summed E-state index contributed by atoms with van der Waals surface area (Å²) in [5.74, 6) is -0.749. The number of alkyl halides is 3. The van der Waals surface area contributed by atoms with Crippen molar-refractivity contribution < 1.29 is 27.5 Å². The zero-order valence-electron chi connectivity index (χ0n) is 14.4. The van der Waals surface area contributed by atoms with Crippen LogP contribution < -0.4 is 15.0 Å². The minimum Gasteiger partial charge on any atom is -0.497 e. The maximum Gasteiger partial charge on any atom is 0.416 e. The number of benzene rings is 2. The lowest BCUT2D eigenvalue weighted by Gasteiger charge is -2.18. The van der Waals surface area contributed by atoms with Crippen LogP contribution in [0.5, 0.6) is 5.75 Å². The van der Waals surface area contributed by atoms with Crippen LogP contribution in [0.15, 0.2) is 48.5 Å². The van der Waals surface area contributed by atoms with Crippen LogP contribution in [0.3, 0.4) is 0 Å². The number of carbonyl (C=O) groups is 2. The van der Waals surface area contributed by atoms with Crippen molar-refractivity contribution in [1.29, 1.82) is 0 Å². The predicted octanol–water partition coefficient (Wildman–Crippen LogP) is 3.71. The van der Waals surface area contributed by atoms with Gasteiger partial charge in [-0.2, -0.15) is 13.2 Å². The molecule has 2 aromatic rings. The Morgan fingerprint density at radius 3 is 2.52 bits per heavy atom. The lowest BCUT2D eigenvalue weighted by molar-refractivity contribution is -0.137. The third-order valence-corrected chi connectivity index (χ3v) is 4.34. The molecular weight excluding hydrogens is 361 g/mol. The number of carbonyl (C=O) groups excluding carboxylic acids is 2. The maximum atomic E-state index is 12.9. The van der Waals surface area contributed by atoms with E-state index < -0.39 is 17.7 Å². The third-order valence-electron chi connectivity index (χ3n) is 4.34. The van der Waals surface area contributed by atoms with Gasteiger partial charge in [-0.3, -0.25) is 9.59 Å². The monoisotopic (exact) mass is 378 g/mol. The number of amides is 2. The molecule has 1 fully saturated rings. The highest BCUT2D eigenvalue weighted by atomic mass is 19.4. The molecule has 0 aliphatic carbocycles. The van der Waals surface area contributed by atoms with Gasteiger partial charge in [0.2, 0.25) is 11.8 Å². The highest BCUT2D eigenvalue weighted by Gasteiger charge is 2.36. The van der Waals surface area contributed by atoms with E-state index in [0.717, 1.165) is 12.1 Å². The van der Waals surface area contributed by atoms with Crippen LogP contribution in [0.2, 0.25) is 0 Å². The summed E-state index contributed by atoms with van der Waals surface area (Å²) in [5.41, 5.74) is -0.153. The first-order chi connectivity index (χ1) is 12.8. The van der Waals surface area contributed by atoms with E-state index in [1.54, 1.807) is 24.3 Å². The molecule has 2 amide bonds. The molecule has 1 heterocycles. The molecule has 1 aliphatic heterocycles. The number of halogens is 3. The fraction of sp³-hybridized carbons (Fsp3) is 0.263. The Balaban J connectivity index is 1.70. The van der Waals surface area contributed by atoms with E-state index in [-0.39, 0.29) is 30.5 Å². The molecule has 0 radical (unpaired) electrons. The number of methoxy groups -OCH3 is 1. The van der Waals surface area contributed by atoms with Crippen molar-refractivity contribution in [3.05, 3.63) is 54.1 Å². The minimum atomic E-state index is -4.50. The average molecular weight is 378 g/mol. The van der Waals surface area contributed by atoms with Gasteiger partial charge in [-0.15, -0.1) is 0 Å². The van der Waals surface area contributed by atoms with Gasteiger partial charge in [0.1, 0.15) is 5.75 Å². The van der Waals surface area contributed by atoms with Crippen molar-refractivity contribution in [2.75, 3.05) is 23.9 Å². The lowest BCUT2D eigenvalue weighted by atomic mass is 10.1. The Kier molecular flexibility index (Phi) is 5.07. The van der Waals surface area contributed by atoms with E-state index in [0.29, 0.717) is 11.4 Å². The SMILES string of the molecule is COc1ccc(NC(=O)[C@H]2CC(=O)N(c3cccc(C(F)(F)F)c3)C2)cc1. The van der Waals surface area contributed by atoms with E-state index in [9.17, 15) is 22.8 Å². The summed E-state index contributed by atoms with van der Waals surface area (Å²) in [4.78, 5) is 25.9. The largest absolute Gasteiger partial charge is 0.497 e. The average Bonchev–Trinajstić information content (AvgIpc) is 3.04. The number of hydrogen-bond donors (Lipinski definition) is 1. The molecule has 0 spiro atoms. The van der Waals surface area contributed by atoms with Crippen LogP contribution >= 0.6 is 0 Å².